The van der Waals surface area contributed by atoms with Crippen LogP contribution in [-0.2, 0) is 9.13 Å². The lowest BCUT2D eigenvalue weighted by Crippen LogP contribution is -2.11. The third-order valence-corrected chi connectivity index (χ3v) is 6.79. The third kappa shape index (κ3) is 4.48. The van der Waals surface area contributed by atoms with Crippen LogP contribution >= 0.6 is 15.2 Å². The quantitative estimate of drug-likeness (QED) is 0.288. The summed E-state index contributed by atoms with van der Waals surface area (Å²) < 4.78 is 24.0. The van der Waals surface area contributed by atoms with E-state index in [9.17, 15) is 33.8 Å². The maximum Gasteiger partial charge on any atom is 0.353 e. The summed E-state index contributed by atoms with van der Waals surface area (Å²) in [6.07, 6.45) is 1.09. The second kappa shape index (κ2) is 7.82. The van der Waals surface area contributed by atoms with Gasteiger partial charge in [-0.2, -0.15) is 0 Å². The predicted octanol–water partition coefficient (Wildman–Crippen LogP) is 1.69. The lowest BCUT2D eigenvalue weighted by molar-refractivity contribution is 0.217. The largest absolute Gasteiger partial charge is 0.388 e. The van der Waals surface area contributed by atoms with E-state index in [1.807, 2.05) is 0 Å². The van der Waals surface area contributed by atoms with E-state index in [4.69, 9.17) is 5.73 Å². The number of benzene rings is 1. The highest BCUT2D eigenvalue weighted by atomic mass is 31.2. The molecule has 1 aliphatic rings. The Morgan fingerprint density at radius 1 is 1.04 bits per heavy atom. The Balaban J connectivity index is 2.53. The van der Waals surface area contributed by atoms with E-state index in [0.29, 0.717) is 13.0 Å². The molecule has 140 valence electrons. The highest BCUT2D eigenvalue weighted by Gasteiger charge is 2.49. The standard InChI is InChI=1S/C15H23NO7P2/c16-9-5-1-2-8-12(17)13-10-6-3-4-7-11(10)14(24(18,19)20)15(13)25(21,22)23/h3-4,6-7,12,14,17H,1-2,5,8-9,16H2,(H2,18,19,20)(H2,21,22,23). The van der Waals surface area contributed by atoms with Crippen molar-refractivity contribution in [1.82, 2.24) is 0 Å². The fourth-order valence-corrected chi connectivity index (χ4v) is 6.21. The minimum Gasteiger partial charge on any atom is -0.388 e. The fourth-order valence-electron chi connectivity index (χ4n) is 3.22. The molecule has 0 saturated heterocycles. The average Bonchev–Trinajstić information content (AvgIpc) is 2.87. The zero-order valence-corrected chi connectivity index (χ0v) is 15.3. The Bertz CT molecular complexity index is 752. The van der Waals surface area contributed by atoms with Crippen molar-refractivity contribution in [3.8, 4) is 0 Å². The maximum atomic E-state index is 12.0. The van der Waals surface area contributed by atoms with Crippen LogP contribution in [0.3, 0.4) is 0 Å². The Morgan fingerprint density at radius 2 is 1.68 bits per heavy atom. The van der Waals surface area contributed by atoms with Crippen LogP contribution in [-0.4, -0.2) is 37.3 Å². The van der Waals surface area contributed by atoms with Crippen LogP contribution in [0.15, 0.2) is 29.6 Å². The van der Waals surface area contributed by atoms with Gasteiger partial charge >= 0.3 is 15.2 Å². The van der Waals surface area contributed by atoms with Gasteiger partial charge in [-0.25, -0.2) is 0 Å². The van der Waals surface area contributed by atoms with Crippen LogP contribution in [0.2, 0.25) is 0 Å². The summed E-state index contributed by atoms with van der Waals surface area (Å²) in [4.78, 5) is 38.8. The number of nitrogens with two attached hydrogens (primary N) is 1. The van der Waals surface area contributed by atoms with Gasteiger partial charge in [0.1, 0.15) is 5.66 Å². The Morgan fingerprint density at radius 3 is 2.24 bits per heavy atom. The van der Waals surface area contributed by atoms with E-state index in [2.05, 4.69) is 0 Å². The van der Waals surface area contributed by atoms with Crippen molar-refractivity contribution in [3.63, 3.8) is 0 Å². The first-order chi connectivity index (χ1) is 11.6. The van der Waals surface area contributed by atoms with Crippen molar-refractivity contribution in [2.45, 2.75) is 37.4 Å². The maximum absolute atomic E-state index is 12.0. The molecule has 8 nitrogen and oxygen atoms in total. The summed E-state index contributed by atoms with van der Waals surface area (Å²) >= 11 is 0. The van der Waals surface area contributed by atoms with Crippen molar-refractivity contribution >= 4 is 20.8 Å². The molecule has 0 radical (unpaired) electrons. The summed E-state index contributed by atoms with van der Waals surface area (Å²) in [6, 6.07) is 6.07. The number of unbranched alkanes of at least 4 members (excludes halogenated alkanes) is 2. The van der Waals surface area contributed by atoms with Crippen LogP contribution in [0.25, 0.3) is 5.57 Å². The summed E-state index contributed by atoms with van der Waals surface area (Å²) in [7, 11) is -9.89. The van der Waals surface area contributed by atoms with Crippen molar-refractivity contribution in [1.29, 1.82) is 0 Å². The number of hydrogen-bond acceptors (Lipinski definition) is 4. The molecule has 25 heavy (non-hydrogen) atoms. The van der Waals surface area contributed by atoms with Crippen molar-refractivity contribution in [3.05, 3.63) is 40.7 Å². The Kier molecular flexibility index (Phi) is 6.41. The molecule has 0 bridgehead atoms. The summed E-state index contributed by atoms with van der Waals surface area (Å²) in [5.41, 5.74) is 4.02. The molecule has 0 amide bonds. The number of aliphatic hydroxyl groups is 1. The number of rotatable bonds is 8. The number of allylic oxidation sites excluding steroid dienone is 1. The van der Waals surface area contributed by atoms with Crippen molar-refractivity contribution in [2.24, 2.45) is 5.73 Å². The minimum atomic E-state index is -5.00. The molecule has 2 unspecified atom stereocenters. The first kappa shape index (κ1) is 20.5. The molecule has 0 fully saturated rings. The van der Waals surface area contributed by atoms with E-state index < -0.39 is 32.3 Å². The first-order valence-corrected chi connectivity index (χ1v) is 11.2. The van der Waals surface area contributed by atoms with Gasteiger partial charge in [-0.3, -0.25) is 9.13 Å². The molecule has 0 heterocycles. The molecule has 2 atom stereocenters. The van der Waals surface area contributed by atoms with Crippen LogP contribution < -0.4 is 5.73 Å². The molecule has 1 aromatic carbocycles. The average molecular weight is 391 g/mol. The van der Waals surface area contributed by atoms with Crippen LogP contribution in [0, 0.1) is 0 Å². The lowest BCUT2D eigenvalue weighted by Gasteiger charge is -2.20. The van der Waals surface area contributed by atoms with E-state index in [0.717, 1.165) is 12.8 Å². The van der Waals surface area contributed by atoms with Gasteiger partial charge in [0.25, 0.3) is 0 Å². The monoisotopic (exact) mass is 391 g/mol. The van der Waals surface area contributed by atoms with Gasteiger partial charge in [-0.15, -0.1) is 0 Å². The summed E-state index contributed by atoms with van der Waals surface area (Å²) in [6.45, 7) is 0.510. The van der Waals surface area contributed by atoms with Gasteiger partial charge in [0.2, 0.25) is 0 Å². The zero-order chi connectivity index (χ0) is 18.8. The van der Waals surface area contributed by atoms with Crippen LogP contribution in [0.5, 0.6) is 0 Å². The highest BCUT2D eigenvalue weighted by Crippen LogP contribution is 2.70. The normalized spacial score (nSPS) is 19.2. The molecule has 0 spiro atoms. The zero-order valence-electron chi connectivity index (χ0n) is 13.5. The Labute approximate surface area is 145 Å². The molecular formula is C15H23NO7P2. The van der Waals surface area contributed by atoms with E-state index in [1.54, 1.807) is 6.07 Å². The molecular weight excluding hydrogens is 368 g/mol. The lowest BCUT2D eigenvalue weighted by atomic mass is 9.98. The SMILES string of the molecule is NCCCCCC(O)C1=C(P(=O)(O)O)C(P(=O)(O)O)c2ccccc21. The summed E-state index contributed by atoms with van der Waals surface area (Å²) in [5.74, 6) is 0. The smallest absolute Gasteiger partial charge is 0.353 e. The van der Waals surface area contributed by atoms with Gasteiger partial charge in [-0.05, 0) is 30.5 Å². The van der Waals surface area contributed by atoms with Gasteiger partial charge in [0.05, 0.1) is 11.4 Å². The van der Waals surface area contributed by atoms with Crippen molar-refractivity contribution < 1.29 is 33.8 Å². The number of fused-ring (bicyclic) bond motifs is 1. The van der Waals surface area contributed by atoms with E-state index in [1.165, 1.54) is 18.2 Å². The third-order valence-electron chi connectivity index (χ3n) is 4.25. The van der Waals surface area contributed by atoms with Crippen LogP contribution in [0.4, 0.5) is 0 Å². The second-order valence-corrected chi connectivity index (χ2v) is 9.34. The number of aliphatic hydroxyl groups excluding tert-OH is 1. The van der Waals surface area contributed by atoms with Crippen molar-refractivity contribution in [2.75, 3.05) is 6.54 Å². The molecule has 0 aromatic heterocycles. The molecule has 10 heteroatoms. The van der Waals surface area contributed by atoms with E-state index in [-0.39, 0.29) is 23.1 Å². The molecule has 1 aromatic rings. The van der Waals surface area contributed by atoms with Gasteiger partial charge in [-0.1, -0.05) is 37.1 Å². The second-order valence-electron chi connectivity index (χ2n) is 6.08. The molecule has 0 aliphatic heterocycles. The van der Waals surface area contributed by atoms with Gasteiger partial charge < -0.3 is 30.4 Å². The van der Waals surface area contributed by atoms with Gasteiger partial charge in [0, 0.05) is 5.57 Å². The van der Waals surface area contributed by atoms with E-state index >= 15 is 0 Å². The first-order valence-electron chi connectivity index (χ1n) is 7.92. The molecule has 1 aliphatic carbocycles. The van der Waals surface area contributed by atoms with Gasteiger partial charge in [0.15, 0.2) is 0 Å². The fraction of sp³-hybridized carbons (Fsp3) is 0.467. The topological polar surface area (TPSA) is 161 Å². The predicted molar refractivity (Wildman–Crippen MR) is 93.7 cm³/mol. The Hall–Kier alpha value is -0.820. The molecule has 2 rings (SSSR count). The van der Waals surface area contributed by atoms with Crippen LogP contribution in [0.1, 0.15) is 42.5 Å². The highest BCUT2D eigenvalue weighted by molar-refractivity contribution is 7.60. The minimum absolute atomic E-state index is 0.0648. The number of hydrogen-bond donors (Lipinski definition) is 6. The summed E-state index contributed by atoms with van der Waals surface area (Å²) in [5, 5.41) is 9.85. The molecule has 7 N–H and O–H groups in total. The molecule has 0 saturated carbocycles.